The van der Waals surface area contributed by atoms with Crippen LogP contribution in [0.1, 0.15) is 5.69 Å². The van der Waals surface area contributed by atoms with Crippen LogP contribution in [0, 0.1) is 18.6 Å². The summed E-state index contributed by atoms with van der Waals surface area (Å²) in [5, 5.41) is 11.3. The molecule has 8 nitrogen and oxygen atoms in total. The Bertz CT molecular complexity index is 1050. The minimum Gasteiger partial charge on any atom is -0.497 e. The van der Waals surface area contributed by atoms with E-state index in [1.165, 1.54) is 6.07 Å². The number of benzene rings is 2. The van der Waals surface area contributed by atoms with Crippen molar-refractivity contribution in [1.29, 1.82) is 0 Å². The van der Waals surface area contributed by atoms with E-state index in [-0.39, 0.29) is 12.2 Å². The molecule has 3 aromatic rings. The Kier molecular flexibility index (Phi) is 7.15. The molecule has 31 heavy (non-hydrogen) atoms. The van der Waals surface area contributed by atoms with Gasteiger partial charge >= 0.3 is 6.03 Å². The van der Waals surface area contributed by atoms with Gasteiger partial charge in [0.25, 0.3) is 0 Å². The number of hydrogen-bond acceptors (Lipinski definition) is 6. The SMILES string of the molecule is COc1ccc(Nc2cc(C)nc(NCCNC(=O)Nc3ccc(F)c(F)c3)n2)cc1. The summed E-state index contributed by atoms with van der Waals surface area (Å²) < 4.78 is 31.2. The first-order valence-corrected chi connectivity index (χ1v) is 9.43. The molecule has 4 N–H and O–H groups in total. The van der Waals surface area contributed by atoms with Crippen LogP contribution in [0.2, 0.25) is 0 Å². The molecule has 0 unspecified atom stereocenters. The van der Waals surface area contributed by atoms with Crippen molar-refractivity contribution in [1.82, 2.24) is 15.3 Å². The summed E-state index contributed by atoms with van der Waals surface area (Å²) in [5.41, 5.74) is 1.76. The molecule has 0 bridgehead atoms. The summed E-state index contributed by atoms with van der Waals surface area (Å²) in [6.45, 7) is 2.46. The van der Waals surface area contributed by atoms with Crippen LogP contribution >= 0.6 is 0 Å². The molecular formula is C21H22F2N6O2. The Morgan fingerprint density at radius 1 is 0.968 bits per heavy atom. The van der Waals surface area contributed by atoms with Crippen LogP contribution in [-0.2, 0) is 0 Å². The van der Waals surface area contributed by atoms with Crippen LogP contribution in [0.15, 0.2) is 48.5 Å². The molecule has 0 spiro atoms. The lowest BCUT2D eigenvalue weighted by Gasteiger charge is -2.11. The van der Waals surface area contributed by atoms with E-state index in [2.05, 4.69) is 31.2 Å². The lowest BCUT2D eigenvalue weighted by Crippen LogP contribution is -2.32. The number of nitrogens with one attached hydrogen (secondary N) is 4. The molecule has 1 aromatic heterocycles. The number of carbonyl (C=O) groups is 1. The Morgan fingerprint density at radius 2 is 1.71 bits per heavy atom. The number of urea groups is 1. The predicted molar refractivity (Wildman–Crippen MR) is 115 cm³/mol. The molecule has 2 amide bonds. The fourth-order valence-electron chi connectivity index (χ4n) is 2.63. The van der Waals surface area contributed by atoms with Gasteiger partial charge in [0, 0.05) is 42.3 Å². The molecule has 162 valence electrons. The molecule has 2 aromatic carbocycles. The number of halogens is 2. The van der Waals surface area contributed by atoms with E-state index >= 15 is 0 Å². The minimum atomic E-state index is -1.03. The third kappa shape index (κ3) is 6.53. The van der Waals surface area contributed by atoms with Gasteiger partial charge in [0.2, 0.25) is 5.95 Å². The Hall–Kier alpha value is -3.95. The second-order valence-electron chi connectivity index (χ2n) is 6.51. The highest BCUT2D eigenvalue weighted by molar-refractivity contribution is 5.89. The van der Waals surface area contributed by atoms with Crippen LogP contribution in [0.4, 0.5) is 36.7 Å². The summed E-state index contributed by atoms with van der Waals surface area (Å²) in [6.07, 6.45) is 0. The molecule has 0 saturated carbocycles. The average molecular weight is 428 g/mol. The first-order chi connectivity index (χ1) is 14.9. The number of carbonyl (C=O) groups excluding carboxylic acids is 1. The molecule has 0 aliphatic heterocycles. The van der Waals surface area contributed by atoms with Gasteiger partial charge in [-0.05, 0) is 43.3 Å². The van der Waals surface area contributed by atoms with Crippen LogP contribution < -0.4 is 26.0 Å². The largest absolute Gasteiger partial charge is 0.497 e. The Labute approximate surface area is 178 Å². The van der Waals surface area contributed by atoms with Crippen LogP contribution in [0.25, 0.3) is 0 Å². The number of aromatic nitrogens is 2. The second-order valence-corrected chi connectivity index (χ2v) is 6.51. The van der Waals surface area contributed by atoms with E-state index < -0.39 is 17.7 Å². The van der Waals surface area contributed by atoms with Gasteiger partial charge in [-0.2, -0.15) is 4.98 Å². The fourth-order valence-corrected chi connectivity index (χ4v) is 2.63. The van der Waals surface area contributed by atoms with Crippen molar-refractivity contribution < 1.29 is 18.3 Å². The first-order valence-electron chi connectivity index (χ1n) is 9.43. The number of amides is 2. The number of ether oxygens (including phenoxy) is 1. The van der Waals surface area contributed by atoms with Crippen molar-refractivity contribution in [3.05, 3.63) is 65.9 Å². The maximum atomic E-state index is 13.2. The molecule has 3 rings (SSSR count). The van der Waals surface area contributed by atoms with E-state index in [1.54, 1.807) is 7.11 Å². The third-order valence-corrected chi connectivity index (χ3v) is 4.09. The predicted octanol–water partition coefficient (Wildman–Crippen LogP) is 4.05. The van der Waals surface area contributed by atoms with E-state index in [9.17, 15) is 13.6 Å². The zero-order valence-electron chi connectivity index (χ0n) is 17.0. The van der Waals surface area contributed by atoms with Gasteiger partial charge < -0.3 is 26.0 Å². The van der Waals surface area contributed by atoms with Gasteiger partial charge in [-0.3, -0.25) is 0 Å². The van der Waals surface area contributed by atoms with Gasteiger partial charge in [-0.1, -0.05) is 0 Å². The molecule has 10 heteroatoms. The van der Waals surface area contributed by atoms with Crippen molar-refractivity contribution in [2.45, 2.75) is 6.92 Å². The number of methoxy groups -OCH3 is 1. The van der Waals surface area contributed by atoms with Crippen LogP contribution in [0.5, 0.6) is 5.75 Å². The zero-order valence-corrected chi connectivity index (χ0v) is 17.0. The maximum absolute atomic E-state index is 13.2. The van der Waals surface area contributed by atoms with Crippen molar-refractivity contribution in [3.8, 4) is 5.75 Å². The zero-order chi connectivity index (χ0) is 22.2. The fraction of sp³-hybridized carbons (Fsp3) is 0.190. The maximum Gasteiger partial charge on any atom is 0.319 e. The molecule has 0 fully saturated rings. The standard InChI is InChI=1S/C21H22F2N6O2/c1-13-11-19(27-14-3-6-16(31-2)7-4-14)29-20(26-13)24-9-10-25-21(30)28-15-5-8-17(22)18(23)12-15/h3-8,11-12H,9-10H2,1-2H3,(H2,25,28,30)(H2,24,26,27,29). The highest BCUT2D eigenvalue weighted by Crippen LogP contribution is 2.20. The Balaban J connectivity index is 1.48. The second kappa shape index (κ2) is 10.2. The molecule has 0 atom stereocenters. The molecule has 0 aliphatic rings. The van der Waals surface area contributed by atoms with Crippen molar-refractivity contribution in [2.24, 2.45) is 0 Å². The number of anilines is 4. The molecular weight excluding hydrogens is 406 g/mol. The topological polar surface area (TPSA) is 100 Å². The minimum absolute atomic E-state index is 0.153. The molecule has 1 heterocycles. The van der Waals surface area contributed by atoms with Crippen LogP contribution in [0.3, 0.4) is 0 Å². The van der Waals surface area contributed by atoms with Crippen molar-refractivity contribution >= 4 is 29.2 Å². The highest BCUT2D eigenvalue weighted by atomic mass is 19.2. The van der Waals surface area contributed by atoms with Gasteiger partial charge in [-0.15, -0.1) is 0 Å². The molecule has 0 radical (unpaired) electrons. The monoisotopic (exact) mass is 428 g/mol. The van der Waals surface area contributed by atoms with Gasteiger partial charge in [0.1, 0.15) is 11.6 Å². The van der Waals surface area contributed by atoms with Crippen LogP contribution in [-0.4, -0.2) is 36.2 Å². The van der Waals surface area contributed by atoms with E-state index in [1.807, 2.05) is 37.3 Å². The van der Waals surface area contributed by atoms with Gasteiger partial charge in [-0.25, -0.2) is 18.6 Å². The lowest BCUT2D eigenvalue weighted by atomic mass is 10.3. The third-order valence-electron chi connectivity index (χ3n) is 4.09. The summed E-state index contributed by atoms with van der Waals surface area (Å²) in [7, 11) is 1.61. The molecule has 0 aliphatic carbocycles. The van der Waals surface area contributed by atoms with Gasteiger partial charge in [0.05, 0.1) is 7.11 Å². The van der Waals surface area contributed by atoms with Crippen molar-refractivity contribution in [2.75, 3.05) is 36.1 Å². The van der Waals surface area contributed by atoms with Gasteiger partial charge in [0.15, 0.2) is 11.6 Å². The Morgan fingerprint density at radius 3 is 2.42 bits per heavy atom. The number of hydrogen-bond donors (Lipinski definition) is 4. The summed E-state index contributed by atoms with van der Waals surface area (Å²) in [4.78, 5) is 20.6. The highest BCUT2D eigenvalue weighted by Gasteiger charge is 2.06. The van der Waals surface area contributed by atoms with Crippen molar-refractivity contribution in [3.63, 3.8) is 0 Å². The average Bonchev–Trinajstić information content (AvgIpc) is 2.74. The summed E-state index contributed by atoms with van der Waals surface area (Å²) >= 11 is 0. The first kappa shape index (κ1) is 21.8. The normalized spacial score (nSPS) is 10.3. The lowest BCUT2D eigenvalue weighted by molar-refractivity contribution is 0.252. The number of rotatable bonds is 8. The van der Waals surface area contributed by atoms with E-state index in [4.69, 9.17) is 4.74 Å². The molecule has 0 saturated heterocycles. The van der Waals surface area contributed by atoms with E-state index in [0.29, 0.717) is 18.3 Å². The quantitative estimate of drug-likeness (QED) is 0.404. The summed E-state index contributed by atoms with van der Waals surface area (Å²) in [5.74, 6) is -0.236. The smallest absolute Gasteiger partial charge is 0.319 e. The van der Waals surface area contributed by atoms with E-state index in [0.717, 1.165) is 29.3 Å². The number of aryl methyl sites for hydroxylation is 1. The number of nitrogens with zero attached hydrogens (tertiary/aromatic N) is 2. The summed E-state index contributed by atoms with van der Waals surface area (Å²) in [6, 6.07) is 11.8.